The van der Waals surface area contributed by atoms with Gasteiger partial charge in [0.25, 0.3) is 0 Å². The van der Waals surface area contributed by atoms with E-state index in [4.69, 9.17) is 0 Å². The highest BCUT2D eigenvalue weighted by Gasteiger charge is 2.20. The number of hydrogen-bond donors (Lipinski definition) is 1. The second-order valence-electron chi connectivity index (χ2n) is 2.12. The van der Waals surface area contributed by atoms with Gasteiger partial charge in [-0.1, -0.05) is 0 Å². The van der Waals surface area contributed by atoms with E-state index in [1.54, 1.807) is 0 Å². The number of nitrogens with one attached hydrogen (secondary N) is 1. The molecule has 0 spiro atoms. The average molecular weight is 111 g/mol. The maximum Gasteiger partial charge on any atom is 0.194 e. The minimum atomic E-state index is 0.988. The number of fused-ring (bicyclic) bond motifs is 1. The Bertz CT molecular complexity index is 130. The molecule has 0 radical (unpaired) electrons. The summed E-state index contributed by atoms with van der Waals surface area (Å²) in [6.45, 7) is 4.35. The highest BCUT2D eigenvalue weighted by molar-refractivity contribution is 5.83. The summed E-state index contributed by atoms with van der Waals surface area (Å²) in [5, 5.41) is 3.19. The average Bonchev–Trinajstić information content (AvgIpc) is 2.15. The van der Waals surface area contributed by atoms with Gasteiger partial charge >= 0.3 is 0 Å². The van der Waals surface area contributed by atoms with E-state index in [-0.39, 0.29) is 0 Å². The molecular weight excluding hydrogens is 102 g/mol. The lowest BCUT2D eigenvalue weighted by Crippen LogP contribution is -2.25. The Morgan fingerprint density at radius 1 is 1.50 bits per heavy atom. The van der Waals surface area contributed by atoms with Crippen LogP contribution < -0.4 is 5.32 Å². The van der Waals surface area contributed by atoms with E-state index in [2.05, 4.69) is 15.2 Å². The molecule has 2 heterocycles. The molecule has 1 saturated heterocycles. The van der Waals surface area contributed by atoms with Crippen molar-refractivity contribution in [2.24, 2.45) is 4.99 Å². The molecule has 0 bridgehead atoms. The van der Waals surface area contributed by atoms with E-state index in [0.717, 1.165) is 32.1 Å². The minimum Gasteiger partial charge on any atom is -0.354 e. The van der Waals surface area contributed by atoms with Gasteiger partial charge < -0.3 is 10.2 Å². The molecule has 1 N–H and O–H groups in total. The smallest absolute Gasteiger partial charge is 0.194 e. The third kappa shape index (κ3) is 0.412. The van der Waals surface area contributed by atoms with Crippen LogP contribution in [0.5, 0.6) is 0 Å². The molecule has 0 unspecified atom stereocenters. The van der Waals surface area contributed by atoms with Crippen molar-refractivity contribution in [3.05, 3.63) is 0 Å². The summed E-state index contributed by atoms with van der Waals surface area (Å²) in [7, 11) is 0. The normalized spacial score (nSPS) is 25.0. The third-order valence-corrected chi connectivity index (χ3v) is 1.60. The third-order valence-electron chi connectivity index (χ3n) is 1.60. The lowest BCUT2D eigenvalue weighted by molar-refractivity contribution is 0.503. The molecule has 0 aromatic carbocycles. The Hall–Kier alpha value is -0.730. The topological polar surface area (TPSA) is 27.6 Å². The first-order valence-electron chi connectivity index (χ1n) is 3.00. The van der Waals surface area contributed by atoms with Crippen molar-refractivity contribution in [1.29, 1.82) is 0 Å². The van der Waals surface area contributed by atoms with Gasteiger partial charge in [-0.25, -0.2) is 0 Å². The fourth-order valence-electron chi connectivity index (χ4n) is 1.17. The monoisotopic (exact) mass is 111 g/mol. The number of nitrogens with zero attached hydrogens (tertiary/aromatic N) is 2. The summed E-state index contributed by atoms with van der Waals surface area (Å²) in [5.74, 6) is 1.12. The Kier molecular flexibility index (Phi) is 0.716. The van der Waals surface area contributed by atoms with Gasteiger partial charge in [-0.15, -0.1) is 0 Å². The lowest BCUT2D eigenvalue weighted by atomic mass is 10.6. The molecule has 0 aliphatic carbocycles. The Morgan fingerprint density at radius 3 is 3.38 bits per heavy atom. The van der Waals surface area contributed by atoms with Crippen molar-refractivity contribution in [2.45, 2.75) is 0 Å². The zero-order chi connectivity index (χ0) is 5.40. The Labute approximate surface area is 48.4 Å². The molecule has 44 valence electrons. The predicted molar refractivity (Wildman–Crippen MR) is 31.9 cm³/mol. The Morgan fingerprint density at radius 2 is 2.50 bits per heavy atom. The summed E-state index contributed by atoms with van der Waals surface area (Å²) in [4.78, 5) is 6.51. The molecular formula is C5H9N3. The van der Waals surface area contributed by atoms with Crippen molar-refractivity contribution in [3.63, 3.8) is 0 Å². The summed E-state index contributed by atoms with van der Waals surface area (Å²) < 4.78 is 0. The van der Waals surface area contributed by atoms with E-state index in [1.165, 1.54) is 0 Å². The second kappa shape index (κ2) is 1.37. The fourth-order valence-corrected chi connectivity index (χ4v) is 1.17. The van der Waals surface area contributed by atoms with Crippen LogP contribution in [0.15, 0.2) is 4.99 Å². The van der Waals surface area contributed by atoms with Gasteiger partial charge in [0, 0.05) is 19.6 Å². The SMILES string of the molecule is C1CN2CCNC2=N1. The molecule has 0 atom stereocenters. The summed E-state index contributed by atoms with van der Waals surface area (Å²) in [6, 6.07) is 0. The molecule has 0 aromatic rings. The van der Waals surface area contributed by atoms with Crippen LogP contribution in [0.2, 0.25) is 0 Å². The Balaban J connectivity index is 2.20. The van der Waals surface area contributed by atoms with Gasteiger partial charge in [0.05, 0.1) is 6.54 Å². The van der Waals surface area contributed by atoms with Crippen molar-refractivity contribution < 1.29 is 0 Å². The fraction of sp³-hybridized carbons (Fsp3) is 0.800. The zero-order valence-electron chi connectivity index (χ0n) is 4.72. The minimum absolute atomic E-state index is 0.988. The highest BCUT2D eigenvalue weighted by atomic mass is 15.4. The van der Waals surface area contributed by atoms with Crippen LogP contribution in [0, 0.1) is 0 Å². The van der Waals surface area contributed by atoms with Crippen molar-refractivity contribution >= 4 is 5.96 Å². The summed E-state index contributed by atoms with van der Waals surface area (Å²) in [5.41, 5.74) is 0. The van der Waals surface area contributed by atoms with Crippen molar-refractivity contribution in [1.82, 2.24) is 10.2 Å². The second-order valence-corrected chi connectivity index (χ2v) is 2.12. The van der Waals surface area contributed by atoms with Crippen molar-refractivity contribution in [2.75, 3.05) is 26.2 Å². The van der Waals surface area contributed by atoms with E-state index in [9.17, 15) is 0 Å². The van der Waals surface area contributed by atoms with E-state index in [1.807, 2.05) is 0 Å². The first-order valence-corrected chi connectivity index (χ1v) is 3.00. The molecule has 2 rings (SSSR count). The first-order chi connectivity index (χ1) is 3.97. The molecule has 1 fully saturated rings. The quantitative estimate of drug-likeness (QED) is 0.446. The lowest BCUT2D eigenvalue weighted by Gasteiger charge is -2.06. The zero-order valence-corrected chi connectivity index (χ0v) is 4.72. The molecule has 0 saturated carbocycles. The summed E-state index contributed by atoms with van der Waals surface area (Å²) in [6.07, 6.45) is 0. The van der Waals surface area contributed by atoms with Crippen LogP contribution in [-0.4, -0.2) is 37.0 Å². The maximum absolute atomic E-state index is 4.23. The molecule has 2 aliphatic heterocycles. The highest BCUT2D eigenvalue weighted by Crippen LogP contribution is 2.02. The molecule has 3 heteroatoms. The number of rotatable bonds is 0. The van der Waals surface area contributed by atoms with Gasteiger partial charge in [-0.2, -0.15) is 0 Å². The number of guanidine groups is 1. The number of aliphatic imine (C=N–C) groups is 1. The standard InChI is InChI=1S/C5H9N3/c1-3-8-4-2-7-5(8)6-1/h1-4H2,(H,6,7). The maximum atomic E-state index is 4.23. The number of hydrogen-bond acceptors (Lipinski definition) is 3. The first kappa shape index (κ1) is 4.18. The van der Waals surface area contributed by atoms with Crippen molar-refractivity contribution in [3.8, 4) is 0 Å². The largest absolute Gasteiger partial charge is 0.354 e. The van der Waals surface area contributed by atoms with Crippen LogP contribution in [0.3, 0.4) is 0 Å². The molecule has 0 aromatic heterocycles. The van der Waals surface area contributed by atoms with Crippen LogP contribution >= 0.6 is 0 Å². The van der Waals surface area contributed by atoms with E-state index < -0.39 is 0 Å². The van der Waals surface area contributed by atoms with Gasteiger partial charge in [0.15, 0.2) is 5.96 Å². The van der Waals surface area contributed by atoms with Gasteiger partial charge in [0.2, 0.25) is 0 Å². The van der Waals surface area contributed by atoms with Crippen LogP contribution in [0.1, 0.15) is 0 Å². The molecule has 0 amide bonds. The summed E-state index contributed by atoms with van der Waals surface area (Å²) >= 11 is 0. The molecule has 8 heavy (non-hydrogen) atoms. The van der Waals surface area contributed by atoms with Crippen LogP contribution in [0.25, 0.3) is 0 Å². The van der Waals surface area contributed by atoms with Gasteiger partial charge in [-0.05, 0) is 0 Å². The van der Waals surface area contributed by atoms with Crippen LogP contribution in [0.4, 0.5) is 0 Å². The molecule has 3 nitrogen and oxygen atoms in total. The predicted octanol–water partition coefficient (Wildman–Crippen LogP) is -0.739. The van der Waals surface area contributed by atoms with E-state index in [0.29, 0.717) is 0 Å². The molecule has 2 aliphatic rings. The van der Waals surface area contributed by atoms with Gasteiger partial charge in [0.1, 0.15) is 0 Å². The van der Waals surface area contributed by atoms with E-state index >= 15 is 0 Å². The van der Waals surface area contributed by atoms with Crippen LogP contribution in [-0.2, 0) is 0 Å². The van der Waals surface area contributed by atoms with Gasteiger partial charge in [-0.3, -0.25) is 4.99 Å².